The van der Waals surface area contributed by atoms with Crippen molar-refractivity contribution in [3.63, 3.8) is 0 Å². The monoisotopic (exact) mass is 434 g/mol. The van der Waals surface area contributed by atoms with Crippen LogP contribution in [0.25, 0.3) is 0 Å². The van der Waals surface area contributed by atoms with Gasteiger partial charge in [-0.1, -0.05) is 42.5 Å². The van der Waals surface area contributed by atoms with E-state index in [0.717, 1.165) is 36.8 Å². The third-order valence-electron chi connectivity index (χ3n) is 5.60. The zero-order valence-corrected chi connectivity index (χ0v) is 18.5. The van der Waals surface area contributed by atoms with Crippen molar-refractivity contribution >= 4 is 27.3 Å². The third kappa shape index (κ3) is 5.14. The van der Waals surface area contributed by atoms with E-state index in [1.165, 1.54) is 29.2 Å². The summed E-state index contributed by atoms with van der Waals surface area (Å²) in [6.45, 7) is 1.52. The molecule has 5 nitrogen and oxygen atoms in total. The van der Waals surface area contributed by atoms with Gasteiger partial charge in [-0.25, -0.2) is 8.42 Å². The number of benzene rings is 3. The molecule has 1 atom stereocenters. The summed E-state index contributed by atoms with van der Waals surface area (Å²) in [6.07, 6.45) is 3.76. The average molecular weight is 435 g/mol. The molecule has 3 aromatic carbocycles. The molecule has 0 saturated carbocycles. The molecular formula is C25H26N2O3S. The van der Waals surface area contributed by atoms with E-state index in [4.69, 9.17) is 0 Å². The number of carbonyl (C=O) groups excluding carboxylic acids is 1. The van der Waals surface area contributed by atoms with Crippen molar-refractivity contribution in [3.8, 4) is 0 Å². The molecular weight excluding hydrogens is 408 g/mol. The van der Waals surface area contributed by atoms with Gasteiger partial charge in [0.2, 0.25) is 15.9 Å². The van der Waals surface area contributed by atoms with Gasteiger partial charge in [0.1, 0.15) is 0 Å². The lowest BCUT2D eigenvalue weighted by molar-refractivity contribution is -0.114. The Morgan fingerprint density at radius 1 is 0.903 bits per heavy atom. The van der Waals surface area contributed by atoms with E-state index < -0.39 is 10.0 Å². The van der Waals surface area contributed by atoms with Crippen molar-refractivity contribution in [1.82, 2.24) is 0 Å². The standard InChI is InChI=1S/C25H26N2O3S/c1-17(28)26-21-12-13-24-20(16-21)11-10-19-7-3-4-9-23(19)25(24)15-18-6-5-8-22(14-18)27-31(2,29)30/h3-9,12-14,16,25,27H,10-11,15H2,1-2H3,(H,26,28). The number of hydrogen-bond acceptors (Lipinski definition) is 3. The first-order chi connectivity index (χ1) is 14.8. The summed E-state index contributed by atoms with van der Waals surface area (Å²) in [6, 6.07) is 22.3. The van der Waals surface area contributed by atoms with Crippen LogP contribution in [-0.4, -0.2) is 20.6 Å². The van der Waals surface area contributed by atoms with Gasteiger partial charge in [-0.05, 0) is 71.3 Å². The van der Waals surface area contributed by atoms with Crippen molar-refractivity contribution in [2.24, 2.45) is 0 Å². The third-order valence-corrected chi connectivity index (χ3v) is 6.21. The number of nitrogens with one attached hydrogen (secondary N) is 2. The molecule has 1 aliphatic rings. The van der Waals surface area contributed by atoms with Gasteiger partial charge in [0.05, 0.1) is 6.26 Å². The lowest BCUT2D eigenvalue weighted by Gasteiger charge is -2.21. The number of amides is 1. The van der Waals surface area contributed by atoms with Crippen LogP contribution in [0.1, 0.15) is 40.7 Å². The summed E-state index contributed by atoms with van der Waals surface area (Å²) in [4.78, 5) is 11.5. The van der Waals surface area contributed by atoms with Crippen LogP contribution < -0.4 is 10.0 Å². The van der Waals surface area contributed by atoms with Crippen molar-refractivity contribution in [2.75, 3.05) is 16.3 Å². The Labute approximate surface area is 183 Å². The fraction of sp³-hybridized carbons (Fsp3) is 0.240. The Balaban J connectivity index is 1.74. The quantitative estimate of drug-likeness (QED) is 0.621. The second kappa shape index (κ2) is 8.55. The lowest BCUT2D eigenvalue weighted by atomic mass is 9.83. The van der Waals surface area contributed by atoms with Crippen LogP contribution in [0.5, 0.6) is 0 Å². The zero-order chi connectivity index (χ0) is 22.0. The van der Waals surface area contributed by atoms with Crippen LogP contribution in [-0.2, 0) is 34.1 Å². The molecule has 0 aromatic heterocycles. The van der Waals surface area contributed by atoms with Crippen LogP contribution >= 0.6 is 0 Å². The molecule has 160 valence electrons. The second-order valence-corrected chi connectivity index (χ2v) is 9.87. The molecule has 1 aliphatic carbocycles. The molecule has 0 aliphatic heterocycles. The molecule has 6 heteroatoms. The number of hydrogen-bond donors (Lipinski definition) is 2. The van der Waals surface area contributed by atoms with Crippen LogP contribution in [0, 0.1) is 0 Å². The van der Waals surface area contributed by atoms with E-state index in [1.54, 1.807) is 6.07 Å². The highest BCUT2D eigenvalue weighted by Gasteiger charge is 2.24. The summed E-state index contributed by atoms with van der Waals surface area (Å²) in [5.41, 5.74) is 7.56. The summed E-state index contributed by atoms with van der Waals surface area (Å²) >= 11 is 0. The first-order valence-electron chi connectivity index (χ1n) is 10.3. The summed E-state index contributed by atoms with van der Waals surface area (Å²) < 4.78 is 25.9. The van der Waals surface area contributed by atoms with E-state index in [-0.39, 0.29) is 11.8 Å². The summed E-state index contributed by atoms with van der Waals surface area (Å²) in [5.74, 6) is 0.0668. The lowest BCUT2D eigenvalue weighted by Crippen LogP contribution is -2.11. The minimum Gasteiger partial charge on any atom is -0.326 e. The van der Waals surface area contributed by atoms with Crippen LogP contribution in [0.4, 0.5) is 11.4 Å². The maximum Gasteiger partial charge on any atom is 0.229 e. The minimum atomic E-state index is -3.33. The Hall–Kier alpha value is -3.12. The summed E-state index contributed by atoms with van der Waals surface area (Å²) in [7, 11) is -3.33. The fourth-order valence-corrected chi connectivity index (χ4v) is 4.97. The number of fused-ring (bicyclic) bond motifs is 2. The average Bonchev–Trinajstić information content (AvgIpc) is 2.84. The van der Waals surface area contributed by atoms with Crippen molar-refractivity contribution in [2.45, 2.75) is 32.1 Å². The molecule has 0 radical (unpaired) electrons. The summed E-state index contributed by atoms with van der Waals surface area (Å²) in [5, 5.41) is 2.89. The van der Waals surface area contributed by atoms with Gasteiger partial charge < -0.3 is 5.32 Å². The highest BCUT2D eigenvalue weighted by Crippen LogP contribution is 2.38. The Bertz CT molecular complexity index is 1240. The van der Waals surface area contributed by atoms with Gasteiger partial charge in [0.15, 0.2) is 0 Å². The van der Waals surface area contributed by atoms with E-state index in [0.29, 0.717) is 5.69 Å². The first kappa shape index (κ1) is 21.1. The molecule has 2 N–H and O–H groups in total. The van der Waals surface area contributed by atoms with E-state index in [1.807, 2.05) is 24.3 Å². The van der Waals surface area contributed by atoms with Crippen molar-refractivity contribution in [1.29, 1.82) is 0 Å². The largest absolute Gasteiger partial charge is 0.326 e. The molecule has 3 aromatic rings. The van der Waals surface area contributed by atoms with Gasteiger partial charge in [-0.3, -0.25) is 9.52 Å². The molecule has 0 fully saturated rings. The molecule has 4 rings (SSSR count). The molecule has 0 spiro atoms. The van der Waals surface area contributed by atoms with Crippen molar-refractivity contribution in [3.05, 3.63) is 94.5 Å². The number of aryl methyl sites for hydroxylation is 2. The molecule has 0 saturated heterocycles. The van der Waals surface area contributed by atoms with Gasteiger partial charge >= 0.3 is 0 Å². The number of rotatable bonds is 5. The Kier molecular flexibility index (Phi) is 5.83. The van der Waals surface area contributed by atoms with Crippen LogP contribution in [0.2, 0.25) is 0 Å². The van der Waals surface area contributed by atoms with E-state index in [9.17, 15) is 13.2 Å². The topological polar surface area (TPSA) is 75.3 Å². The minimum absolute atomic E-state index is 0.0800. The molecule has 1 unspecified atom stereocenters. The van der Waals surface area contributed by atoms with Gasteiger partial charge in [-0.15, -0.1) is 0 Å². The Morgan fingerprint density at radius 2 is 1.65 bits per heavy atom. The SMILES string of the molecule is CC(=O)Nc1ccc2c(c1)CCc1ccccc1C2Cc1cccc(NS(C)(=O)=O)c1. The smallest absolute Gasteiger partial charge is 0.229 e. The highest BCUT2D eigenvalue weighted by molar-refractivity contribution is 7.92. The zero-order valence-electron chi connectivity index (χ0n) is 17.7. The first-order valence-corrected chi connectivity index (χ1v) is 12.2. The molecule has 0 bridgehead atoms. The highest BCUT2D eigenvalue weighted by atomic mass is 32.2. The molecule has 1 amide bonds. The normalized spacial score (nSPS) is 15.4. The predicted octanol–water partition coefficient (Wildman–Crippen LogP) is 4.49. The van der Waals surface area contributed by atoms with Crippen LogP contribution in [0.15, 0.2) is 66.7 Å². The second-order valence-electron chi connectivity index (χ2n) is 8.12. The van der Waals surface area contributed by atoms with E-state index >= 15 is 0 Å². The van der Waals surface area contributed by atoms with Gasteiger partial charge in [-0.2, -0.15) is 0 Å². The Morgan fingerprint density at radius 3 is 2.42 bits per heavy atom. The molecule has 0 heterocycles. The maximum atomic E-state index is 11.6. The molecule has 31 heavy (non-hydrogen) atoms. The number of sulfonamides is 1. The number of carbonyl (C=O) groups is 1. The van der Waals surface area contributed by atoms with Crippen LogP contribution in [0.3, 0.4) is 0 Å². The fourth-order valence-electron chi connectivity index (χ4n) is 4.41. The van der Waals surface area contributed by atoms with Crippen molar-refractivity contribution < 1.29 is 13.2 Å². The maximum absolute atomic E-state index is 11.6. The predicted molar refractivity (Wildman–Crippen MR) is 125 cm³/mol. The van der Waals surface area contributed by atoms with Gasteiger partial charge in [0.25, 0.3) is 0 Å². The van der Waals surface area contributed by atoms with Gasteiger partial charge in [0, 0.05) is 24.2 Å². The number of anilines is 2. The van der Waals surface area contributed by atoms with E-state index in [2.05, 4.69) is 46.4 Å².